The summed E-state index contributed by atoms with van der Waals surface area (Å²) in [6.07, 6.45) is 2.17. The van der Waals surface area contributed by atoms with Crippen LogP contribution in [0, 0.1) is 12.8 Å². The fourth-order valence-corrected chi connectivity index (χ4v) is 3.14. The largest absolute Gasteiger partial charge is 0.338 e. The van der Waals surface area contributed by atoms with E-state index in [1.54, 1.807) is 0 Å². The smallest absolute Gasteiger partial charge is 0.254 e. The molecule has 3 nitrogen and oxygen atoms in total. The number of piperidine rings is 1. The number of benzene rings is 1. The second-order valence-electron chi connectivity index (χ2n) is 5.47. The van der Waals surface area contributed by atoms with Crippen molar-refractivity contribution in [2.75, 3.05) is 13.1 Å². The number of rotatable bonds is 2. The number of hydrogen-bond donors (Lipinski definition) is 1. The van der Waals surface area contributed by atoms with Gasteiger partial charge in [-0.1, -0.05) is 15.9 Å². The molecule has 104 valence electrons. The van der Waals surface area contributed by atoms with Gasteiger partial charge in [-0.15, -0.1) is 0 Å². The van der Waals surface area contributed by atoms with E-state index in [4.69, 9.17) is 5.73 Å². The Morgan fingerprint density at radius 3 is 2.89 bits per heavy atom. The van der Waals surface area contributed by atoms with Crippen LogP contribution in [0.5, 0.6) is 0 Å². The molecule has 0 spiro atoms. The third-order valence-electron chi connectivity index (χ3n) is 3.91. The molecule has 2 atom stereocenters. The van der Waals surface area contributed by atoms with Crippen LogP contribution in [-0.2, 0) is 0 Å². The van der Waals surface area contributed by atoms with Gasteiger partial charge in [-0.25, -0.2) is 0 Å². The SMILES string of the molecule is Cc1cc(Br)ccc1C(=O)N1CCC[C@@H]([C@H](C)N)C1. The molecule has 1 amide bonds. The molecule has 0 unspecified atom stereocenters. The molecule has 4 heteroatoms. The monoisotopic (exact) mass is 324 g/mol. The molecule has 1 aliphatic rings. The number of likely N-dealkylation sites (tertiary alicyclic amines) is 1. The number of amides is 1. The maximum Gasteiger partial charge on any atom is 0.254 e. The minimum absolute atomic E-state index is 0.135. The Morgan fingerprint density at radius 2 is 2.26 bits per heavy atom. The van der Waals surface area contributed by atoms with Gasteiger partial charge in [0.05, 0.1) is 0 Å². The average Bonchev–Trinajstić information content (AvgIpc) is 2.38. The number of nitrogens with zero attached hydrogens (tertiary/aromatic N) is 1. The third kappa shape index (κ3) is 3.37. The Hall–Kier alpha value is -0.870. The summed E-state index contributed by atoms with van der Waals surface area (Å²) in [5, 5.41) is 0. The minimum Gasteiger partial charge on any atom is -0.338 e. The molecular formula is C15H21BrN2O. The van der Waals surface area contributed by atoms with Crippen LogP contribution in [0.4, 0.5) is 0 Å². The van der Waals surface area contributed by atoms with Crippen LogP contribution < -0.4 is 5.73 Å². The van der Waals surface area contributed by atoms with Gasteiger partial charge >= 0.3 is 0 Å². The lowest BCUT2D eigenvalue weighted by Crippen LogP contribution is -2.45. The summed E-state index contributed by atoms with van der Waals surface area (Å²) in [6, 6.07) is 5.96. The van der Waals surface area contributed by atoms with E-state index in [1.165, 1.54) is 0 Å². The van der Waals surface area contributed by atoms with Gasteiger partial charge in [-0.3, -0.25) is 4.79 Å². The van der Waals surface area contributed by atoms with E-state index >= 15 is 0 Å². The highest BCUT2D eigenvalue weighted by molar-refractivity contribution is 9.10. The summed E-state index contributed by atoms with van der Waals surface area (Å²) in [7, 11) is 0. The van der Waals surface area contributed by atoms with Crippen LogP contribution in [-0.4, -0.2) is 29.9 Å². The summed E-state index contributed by atoms with van der Waals surface area (Å²) in [4.78, 5) is 14.5. The molecule has 0 bridgehead atoms. The van der Waals surface area contributed by atoms with Crippen LogP contribution in [0.3, 0.4) is 0 Å². The van der Waals surface area contributed by atoms with E-state index < -0.39 is 0 Å². The topological polar surface area (TPSA) is 46.3 Å². The van der Waals surface area contributed by atoms with E-state index in [9.17, 15) is 4.79 Å². The van der Waals surface area contributed by atoms with E-state index in [-0.39, 0.29) is 11.9 Å². The highest BCUT2D eigenvalue weighted by Gasteiger charge is 2.26. The number of nitrogens with two attached hydrogens (primary N) is 1. The first-order valence-electron chi connectivity index (χ1n) is 6.80. The van der Waals surface area contributed by atoms with Crippen LogP contribution in [0.25, 0.3) is 0 Å². The molecule has 19 heavy (non-hydrogen) atoms. The van der Waals surface area contributed by atoms with Crippen molar-refractivity contribution in [3.8, 4) is 0 Å². The Balaban J connectivity index is 2.15. The van der Waals surface area contributed by atoms with Gasteiger partial charge in [0, 0.05) is 29.2 Å². The summed E-state index contributed by atoms with van der Waals surface area (Å²) in [6.45, 7) is 5.64. The molecular weight excluding hydrogens is 304 g/mol. The second kappa shape index (κ2) is 6.06. The lowest BCUT2D eigenvalue weighted by Gasteiger charge is -2.35. The summed E-state index contributed by atoms with van der Waals surface area (Å²) < 4.78 is 1.01. The van der Waals surface area contributed by atoms with Crippen LogP contribution in [0.1, 0.15) is 35.7 Å². The lowest BCUT2D eigenvalue weighted by molar-refractivity contribution is 0.0660. The Morgan fingerprint density at radius 1 is 1.53 bits per heavy atom. The van der Waals surface area contributed by atoms with Crippen molar-refractivity contribution in [2.45, 2.75) is 32.7 Å². The number of aryl methyl sites for hydroxylation is 1. The fraction of sp³-hybridized carbons (Fsp3) is 0.533. The minimum atomic E-state index is 0.135. The zero-order valence-corrected chi connectivity index (χ0v) is 13.1. The fourth-order valence-electron chi connectivity index (χ4n) is 2.66. The Bertz CT molecular complexity index is 473. The molecule has 1 aliphatic heterocycles. The molecule has 0 aromatic heterocycles. The van der Waals surface area contributed by atoms with Crippen LogP contribution in [0.2, 0.25) is 0 Å². The van der Waals surface area contributed by atoms with Crippen molar-refractivity contribution in [1.82, 2.24) is 4.90 Å². The molecule has 1 aromatic carbocycles. The van der Waals surface area contributed by atoms with Gasteiger partial charge in [-0.05, 0) is 56.4 Å². The van der Waals surface area contributed by atoms with Crippen molar-refractivity contribution >= 4 is 21.8 Å². The molecule has 2 N–H and O–H groups in total. The molecule has 2 rings (SSSR count). The number of carbonyl (C=O) groups excluding carboxylic acids is 1. The molecule has 1 saturated heterocycles. The highest BCUT2D eigenvalue weighted by Crippen LogP contribution is 2.23. The molecule has 1 heterocycles. The van der Waals surface area contributed by atoms with Gasteiger partial charge in [0.2, 0.25) is 0 Å². The highest BCUT2D eigenvalue weighted by atomic mass is 79.9. The van der Waals surface area contributed by atoms with Gasteiger partial charge in [-0.2, -0.15) is 0 Å². The summed E-state index contributed by atoms with van der Waals surface area (Å²) in [5.41, 5.74) is 7.79. The molecule has 1 fully saturated rings. The quantitative estimate of drug-likeness (QED) is 0.909. The maximum absolute atomic E-state index is 12.6. The van der Waals surface area contributed by atoms with Gasteiger partial charge in [0.25, 0.3) is 5.91 Å². The van der Waals surface area contributed by atoms with Crippen molar-refractivity contribution in [1.29, 1.82) is 0 Å². The lowest BCUT2D eigenvalue weighted by atomic mass is 9.91. The van der Waals surface area contributed by atoms with Gasteiger partial charge in [0.15, 0.2) is 0 Å². The zero-order valence-electron chi connectivity index (χ0n) is 11.5. The van der Waals surface area contributed by atoms with Crippen molar-refractivity contribution < 1.29 is 4.79 Å². The number of halogens is 1. The van der Waals surface area contributed by atoms with E-state index in [1.807, 2.05) is 36.9 Å². The first-order valence-corrected chi connectivity index (χ1v) is 7.59. The first kappa shape index (κ1) is 14.5. The van der Waals surface area contributed by atoms with E-state index in [0.717, 1.165) is 41.5 Å². The zero-order chi connectivity index (χ0) is 14.0. The molecule has 0 aliphatic carbocycles. The van der Waals surface area contributed by atoms with Crippen molar-refractivity contribution in [2.24, 2.45) is 11.7 Å². The first-order chi connectivity index (χ1) is 8.99. The summed E-state index contributed by atoms with van der Waals surface area (Å²) in [5.74, 6) is 0.559. The summed E-state index contributed by atoms with van der Waals surface area (Å²) >= 11 is 3.43. The predicted molar refractivity (Wildman–Crippen MR) is 81.2 cm³/mol. The van der Waals surface area contributed by atoms with Gasteiger partial charge in [0.1, 0.15) is 0 Å². The van der Waals surface area contributed by atoms with E-state index in [0.29, 0.717) is 5.92 Å². The van der Waals surface area contributed by atoms with Crippen molar-refractivity contribution in [3.05, 3.63) is 33.8 Å². The molecule has 1 aromatic rings. The predicted octanol–water partition coefficient (Wildman–Crippen LogP) is 2.96. The van der Waals surface area contributed by atoms with Crippen LogP contribution in [0.15, 0.2) is 22.7 Å². The number of hydrogen-bond acceptors (Lipinski definition) is 2. The van der Waals surface area contributed by atoms with Crippen LogP contribution >= 0.6 is 15.9 Å². The molecule has 0 radical (unpaired) electrons. The maximum atomic E-state index is 12.6. The van der Waals surface area contributed by atoms with Crippen molar-refractivity contribution in [3.63, 3.8) is 0 Å². The standard InChI is InChI=1S/C15H21BrN2O/c1-10-8-13(16)5-6-14(10)15(19)18-7-3-4-12(9-18)11(2)17/h5-6,8,11-12H,3-4,7,9,17H2,1-2H3/t11-,12+/m0/s1. The van der Waals surface area contributed by atoms with E-state index in [2.05, 4.69) is 15.9 Å². The third-order valence-corrected chi connectivity index (χ3v) is 4.40. The molecule has 0 saturated carbocycles. The van der Waals surface area contributed by atoms with Gasteiger partial charge < -0.3 is 10.6 Å². The normalized spacial score (nSPS) is 21.3. The Labute approximate surface area is 123 Å². The Kier molecular flexibility index (Phi) is 4.63. The average molecular weight is 325 g/mol. The number of carbonyl (C=O) groups is 1. The second-order valence-corrected chi connectivity index (χ2v) is 6.39.